The van der Waals surface area contributed by atoms with E-state index in [2.05, 4.69) is 15.5 Å². The van der Waals surface area contributed by atoms with E-state index >= 15 is 0 Å². The van der Waals surface area contributed by atoms with Crippen LogP contribution in [0.1, 0.15) is 43.8 Å². The van der Waals surface area contributed by atoms with Crippen molar-refractivity contribution in [2.75, 3.05) is 25.3 Å². The molecule has 0 aliphatic heterocycles. The molecule has 1 aliphatic rings. The fourth-order valence-electron chi connectivity index (χ4n) is 3.90. The second-order valence-electron chi connectivity index (χ2n) is 7.46. The molecule has 1 fully saturated rings. The van der Waals surface area contributed by atoms with Crippen LogP contribution in [0.5, 0.6) is 11.5 Å². The summed E-state index contributed by atoms with van der Waals surface area (Å²) in [6.45, 7) is 0. The summed E-state index contributed by atoms with van der Waals surface area (Å²) in [4.78, 5) is 12.6. The normalized spacial score (nSPS) is 14.4. The number of amides is 1. The Balaban J connectivity index is 1.47. The fourth-order valence-corrected chi connectivity index (χ4v) is 4.64. The molecule has 1 aromatic carbocycles. The zero-order valence-electron chi connectivity index (χ0n) is 17.8. The minimum atomic E-state index is -0.126. The predicted octanol–water partition coefficient (Wildman–Crippen LogP) is 4.19. The number of anilines is 1. The van der Waals surface area contributed by atoms with E-state index in [0.717, 1.165) is 18.7 Å². The second-order valence-corrected chi connectivity index (χ2v) is 8.40. The summed E-state index contributed by atoms with van der Waals surface area (Å²) in [6, 6.07) is 9.24. The number of carbonyl (C=O) groups is 1. The molecule has 3 aromatic rings. The van der Waals surface area contributed by atoms with Crippen molar-refractivity contribution in [3.63, 3.8) is 0 Å². The number of nitrogens with zero attached hydrogens (tertiary/aromatic N) is 4. The van der Waals surface area contributed by atoms with Gasteiger partial charge in [0.2, 0.25) is 11.1 Å². The van der Waals surface area contributed by atoms with Gasteiger partial charge in [-0.2, -0.15) is 0 Å². The molecule has 1 amide bonds. The Morgan fingerprint density at radius 3 is 2.55 bits per heavy atom. The minimum absolute atomic E-state index is 0.126. The molecule has 1 saturated carbocycles. The van der Waals surface area contributed by atoms with Crippen LogP contribution in [0.25, 0.3) is 0 Å². The monoisotopic (exact) mass is 441 g/mol. The molecule has 31 heavy (non-hydrogen) atoms. The first-order chi connectivity index (χ1) is 15.2. The molecule has 164 valence electrons. The molecule has 1 N–H and O–H groups in total. The van der Waals surface area contributed by atoms with E-state index in [1.807, 2.05) is 33.9 Å². The number of ether oxygens (including phenoxy) is 2. The highest BCUT2D eigenvalue weighted by atomic mass is 32.2. The smallest absolute Gasteiger partial charge is 0.234 e. The molecule has 4 rings (SSSR count). The topological polar surface area (TPSA) is 83.2 Å². The van der Waals surface area contributed by atoms with Crippen molar-refractivity contribution < 1.29 is 14.3 Å². The van der Waals surface area contributed by atoms with E-state index in [-0.39, 0.29) is 11.7 Å². The third-order valence-electron chi connectivity index (χ3n) is 5.43. The number of carbonyl (C=O) groups excluding carboxylic acids is 1. The first-order valence-electron chi connectivity index (χ1n) is 10.4. The van der Waals surface area contributed by atoms with Crippen molar-refractivity contribution in [1.82, 2.24) is 19.5 Å². The van der Waals surface area contributed by atoms with Crippen LogP contribution in [-0.4, -0.2) is 45.4 Å². The van der Waals surface area contributed by atoms with Gasteiger partial charge >= 0.3 is 0 Å². The summed E-state index contributed by atoms with van der Waals surface area (Å²) in [6.07, 6.45) is 9.94. The molecular weight excluding hydrogens is 414 g/mol. The van der Waals surface area contributed by atoms with Crippen LogP contribution in [0.4, 0.5) is 5.69 Å². The van der Waals surface area contributed by atoms with E-state index in [1.54, 1.807) is 32.4 Å². The average Bonchev–Trinajstić information content (AvgIpc) is 3.47. The number of nitrogens with one attached hydrogen (secondary N) is 1. The minimum Gasteiger partial charge on any atom is -0.493 e. The Morgan fingerprint density at radius 1 is 1.10 bits per heavy atom. The molecule has 0 bridgehead atoms. The molecule has 2 heterocycles. The molecule has 0 saturated heterocycles. The SMILES string of the molecule is COc1ccc(NC(=O)CSc2nnc(C3CCCCC3)n2-n2cccc2)cc1OC. The average molecular weight is 442 g/mol. The van der Waals surface area contributed by atoms with Crippen LogP contribution < -0.4 is 14.8 Å². The first kappa shape index (κ1) is 21.3. The number of thioether (sulfide) groups is 1. The Hall–Kier alpha value is -2.94. The molecular formula is C22H27N5O3S. The highest BCUT2D eigenvalue weighted by molar-refractivity contribution is 7.99. The fraction of sp³-hybridized carbons (Fsp3) is 0.409. The molecule has 2 aromatic heterocycles. The number of rotatable bonds is 8. The molecule has 0 radical (unpaired) electrons. The number of hydrogen-bond donors (Lipinski definition) is 1. The molecule has 8 nitrogen and oxygen atoms in total. The third-order valence-corrected chi connectivity index (χ3v) is 6.35. The van der Waals surface area contributed by atoms with Crippen molar-refractivity contribution in [3.05, 3.63) is 48.5 Å². The lowest BCUT2D eigenvalue weighted by Crippen LogP contribution is -2.18. The summed E-state index contributed by atoms with van der Waals surface area (Å²) in [7, 11) is 3.15. The maximum absolute atomic E-state index is 12.6. The molecule has 0 unspecified atom stereocenters. The lowest BCUT2D eigenvalue weighted by Gasteiger charge is -2.22. The maximum Gasteiger partial charge on any atom is 0.234 e. The van der Waals surface area contributed by atoms with Gasteiger partial charge in [-0.25, -0.2) is 4.68 Å². The molecule has 0 atom stereocenters. The highest BCUT2D eigenvalue weighted by Crippen LogP contribution is 2.33. The van der Waals surface area contributed by atoms with E-state index in [1.165, 1.54) is 31.0 Å². The molecule has 1 aliphatic carbocycles. The predicted molar refractivity (Wildman–Crippen MR) is 120 cm³/mol. The number of benzene rings is 1. The van der Waals surface area contributed by atoms with Gasteiger partial charge in [0.05, 0.1) is 20.0 Å². The van der Waals surface area contributed by atoms with Crippen molar-refractivity contribution >= 4 is 23.4 Å². The quantitative estimate of drug-likeness (QED) is 0.528. The van der Waals surface area contributed by atoms with Gasteiger partial charge in [-0.3, -0.25) is 9.47 Å². The van der Waals surface area contributed by atoms with Gasteiger partial charge in [0.25, 0.3) is 0 Å². The van der Waals surface area contributed by atoms with E-state index in [9.17, 15) is 4.79 Å². The third kappa shape index (κ3) is 4.87. The van der Waals surface area contributed by atoms with Crippen LogP contribution in [0.2, 0.25) is 0 Å². The van der Waals surface area contributed by atoms with Gasteiger partial charge in [-0.05, 0) is 37.1 Å². The summed E-state index contributed by atoms with van der Waals surface area (Å²) >= 11 is 1.38. The largest absolute Gasteiger partial charge is 0.493 e. The van der Waals surface area contributed by atoms with Crippen LogP contribution in [0.15, 0.2) is 47.9 Å². The lowest BCUT2D eigenvalue weighted by atomic mass is 9.89. The van der Waals surface area contributed by atoms with Gasteiger partial charge in [0.1, 0.15) is 0 Å². The van der Waals surface area contributed by atoms with Gasteiger partial charge in [0, 0.05) is 30.1 Å². The van der Waals surface area contributed by atoms with E-state index < -0.39 is 0 Å². The zero-order valence-corrected chi connectivity index (χ0v) is 18.6. The Labute approximate surface area is 185 Å². The summed E-state index contributed by atoms with van der Waals surface area (Å²) in [5.74, 6) is 2.65. The Bertz CT molecular complexity index is 1010. The van der Waals surface area contributed by atoms with Crippen molar-refractivity contribution in [3.8, 4) is 11.5 Å². The lowest BCUT2D eigenvalue weighted by molar-refractivity contribution is -0.113. The summed E-state index contributed by atoms with van der Waals surface area (Å²) in [5, 5.41) is 12.5. The van der Waals surface area contributed by atoms with Gasteiger partial charge in [-0.1, -0.05) is 31.0 Å². The number of methoxy groups -OCH3 is 2. The second kappa shape index (κ2) is 9.91. The Morgan fingerprint density at radius 2 is 1.84 bits per heavy atom. The summed E-state index contributed by atoms with van der Waals surface area (Å²) < 4.78 is 14.6. The van der Waals surface area contributed by atoms with Crippen LogP contribution in [0, 0.1) is 0 Å². The Kier molecular flexibility index (Phi) is 6.81. The zero-order chi connectivity index (χ0) is 21.6. The van der Waals surface area contributed by atoms with Gasteiger partial charge in [-0.15, -0.1) is 10.2 Å². The first-order valence-corrected chi connectivity index (χ1v) is 11.4. The van der Waals surface area contributed by atoms with Crippen LogP contribution in [0.3, 0.4) is 0 Å². The van der Waals surface area contributed by atoms with E-state index in [4.69, 9.17) is 9.47 Å². The van der Waals surface area contributed by atoms with Crippen LogP contribution >= 0.6 is 11.8 Å². The maximum atomic E-state index is 12.6. The number of hydrogen-bond acceptors (Lipinski definition) is 6. The molecule has 0 spiro atoms. The van der Waals surface area contributed by atoms with E-state index in [0.29, 0.717) is 28.3 Å². The standard InChI is InChI=1S/C22H27N5O3S/c1-29-18-11-10-17(14-19(18)30-2)23-20(28)15-31-22-25-24-21(16-8-4-3-5-9-16)27(22)26-12-6-7-13-26/h6-7,10-14,16H,3-5,8-9,15H2,1-2H3,(H,23,28). The number of aromatic nitrogens is 4. The highest BCUT2D eigenvalue weighted by Gasteiger charge is 2.24. The van der Waals surface area contributed by atoms with Crippen molar-refractivity contribution in [1.29, 1.82) is 0 Å². The summed E-state index contributed by atoms with van der Waals surface area (Å²) in [5.41, 5.74) is 0.651. The molecule has 9 heteroatoms. The van der Waals surface area contributed by atoms with Crippen LogP contribution in [-0.2, 0) is 4.79 Å². The van der Waals surface area contributed by atoms with Gasteiger partial charge < -0.3 is 14.8 Å². The van der Waals surface area contributed by atoms with Crippen molar-refractivity contribution in [2.45, 2.75) is 43.2 Å². The van der Waals surface area contributed by atoms with Gasteiger partial charge in [0.15, 0.2) is 17.3 Å². The van der Waals surface area contributed by atoms with Crippen molar-refractivity contribution in [2.24, 2.45) is 0 Å².